The first-order chi connectivity index (χ1) is 8.67. The van der Waals surface area contributed by atoms with Crippen LogP contribution in [-0.2, 0) is 13.6 Å². The fraction of sp³-hybridized carbons (Fsp3) is 0.357. The van der Waals surface area contributed by atoms with Crippen LogP contribution in [0, 0.1) is 6.92 Å². The number of nitrogens with one attached hydrogen (secondary N) is 1. The maximum absolute atomic E-state index is 4.57. The van der Waals surface area contributed by atoms with Gasteiger partial charge in [-0.25, -0.2) is 0 Å². The molecule has 0 fully saturated rings. The highest BCUT2D eigenvalue weighted by Crippen LogP contribution is 2.27. The molecule has 1 aromatic carbocycles. The van der Waals surface area contributed by atoms with Crippen molar-refractivity contribution in [3.8, 4) is 11.3 Å². The summed E-state index contributed by atoms with van der Waals surface area (Å²) < 4.78 is 1.97. The molecule has 4 heteroatoms. The standard InChI is InChI=1S/C14H19N3S/c1-10-13(9-15-2)16-17(3)14(10)11-5-7-12(18-4)8-6-11/h5-8,15H,9H2,1-4H3. The van der Waals surface area contributed by atoms with Gasteiger partial charge in [-0.05, 0) is 37.9 Å². The molecule has 0 saturated carbocycles. The minimum atomic E-state index is 0.808. The van der Waals surface area contributed by atoms with Crippen molar-refractivity contribution in [2.24, 2.45) is 7.05 Å². The maximum atomic E-state index is 4.57. The van der Waals surface area contributed by atoms with Gasteiger partial charge in [0.15, 0.2) is 0 Å². The summed E-state index contributed by atoms with van der Waals surface area (Å²) in [6.07, 6.45) is 2.09. The third kappa shape index (κ3) is 2.44. The molecule has 0 unspecified atom stereocenters. The summed E-state index contributed by atoms with van der Waals surface area (Å²) in [6.45, 7) is 2.94. The smallest absolute Gasteiger partial charge is 0.0797 e. The predicted octanol–water partition coefficient (Wildman–Crippen LogP) is 2.84. The van der Waals surface area contributed by atoms with Gasteiger partial charge in [0.25, 0.3) is 0 Å². The summed E-state index contributed by atoms with van der Waals surface area (Å²) in [7, 11) is 3.95. The van der Waals surface area contributed by atoms with Gasteiger partial charge in [0.2, 0.25) is 0 Å². The van der Waals surface area contributed by atoms with Crippen LogP contribution in [0.4, 0.5) is 0 Å². The SMILES string of the molecule is CNCc1nn(C)c(-c2ccc(SC)cc2)c1C. The van der Waals surface area contributed by atoms with Crippen molar-refractivity contribution in [1.29, 1.82) is 0 Å². The quantitative estimate of drug-likeness (QED) is 0.858. The lowest BCUT2D eigenvalue weighted by Crippen LogP contribution is -2.06. The van der Waals surface area contributed by atoms with E-state index in [1.165, 1.54) is 21.7 Å². The number of hydrogen-bond donors (Lipinski definition) is 1. The summed E-state index contributed by atoms with van der Waals surface area (Å²) in [5, 5.41) is 7.72. The lowest BCUT2D eigenvalue weighted by atomic mass is 10.1. The molecule has 0 saturated heterocycles. The van der Waals surface area contributed by atoms with Gasteiger partial charge in [-0.2, -0.15) is 5.10 Å². The number of rotatable bonds is 4. The van der Waals surface area contributed by atoms with Crippen molar-refractivity contribution < 1.29 is 0 Å². The Bertz CT molecular complexity index is 529. The van der Waals surface area contributed by atoms with Crippen LogP contribution in [0.3, 0.4) is 0 Å². The molecule has 0 aliphatic carbocycles. The molecule has 0 aliphatic rings. The lowest BCUT2D eigenvalue weighted by Gasteiger charge is -2.05. The van der Waals surface area contributed by atoms with Crippen LogP contribution in [0.2, 0.25) is 0 Å². The van der Waals surface area contributed by atoms with Crippen LogP contribution >= 0.6 is 11.8 Å². The highest BCUT2D eigenvalue weighted by molar-refractivity contribution is 7.98. The molecule has 0 bridgehead atoms. The van der Waals surface area contributed by atoms with Crippen molar-refractivity contribution in [2.75, 3.05) is 13.3 Å². The van der Waals surface area contributed by atoms with E-state index in [2.05, 4.69) is 47.9 Å². The monoisotopic (exact) mass is 261 g/mol. The molecule has 0 amide bonds. The van der Waals surface area contributed by atoms with Gasteiger partial charge in [0, 0.05) is 24.1 Å². The number of benzene rings is 1. The third-order valence-corrected chi connectivity index (χ3v) is 3.83. The fourth-order valence-corrected chi connectivity index (χ4v) is 2.58. The Morgan fingerprint density at radius 1 is 1.28 bits per heavy atom. The van der Waals surface area contributed by atoms with Crippen molar-refractivity contribution in [2.45, 2.75) is 18.4 Å². The molecule has 0 atom stereocenters. The zero-order valence-corrected chi connectivity index (χ0v) is 12.1. The number of aryl methyl sites for hydroxylation is 1. The van der Waals surface area contributed by atoms with Crippen LogP contribution in [0.15, 0.2) is 29.2 Å². The summed E-state index contributed by atoms with van der Waals surface area (Å²) in [5.41, 5.74) is 4.79. The Kier molecular flexibility index (Phi) is 4.09. The fourth-order valence-electron chi connectivity index (χ4n) is 2.17. The molecular formula is C14H19N3S. The number of aromatic nitrogens is 2. The highest BCUT2D eigenvalue weighted by Gasteiger charge is 2.13. The first-order valence-corrected chi connectivity index (χ1v) is 7.21. The molecule has 0 radical (unpaired) electrons. The Balaban J connectivity index is 2.43. The van der Waals surface area contributed by atoms with Crippen molar-refractivity contribution >= 4 is 11.8 Å². The van der Waals surface area contributed by atoms with E-state index in [4.69, 9.17) is 0 Å². The van der Waals surface area contributed by atoms with E-state index in [-0.39, 0.29) is 0 Å². The molecule has 2 aromatic rings. The highest BCUT2D eigenvalue weighted by atomic mass is 32.2. The van der Waals surface area contributed by atoms with Gasteiger partial charge in [-0.3, -0.25) is 4.68 Å². The van der Waals surface area contributed by atoms with Gasteiger partial charge >= 0.3 is 0 Å². The molecule has 1 aromatic heterocycles. The molecule has 0 aliphatic heterocycles. The van der Waals surface area contributed by atoms with E-state index in [0.717, 1.165) is 12.2 Å². The van der Waals surface area contributed by atoms with E-state index in [0.29, 0.717) is 0 Å². The summed E-state index contributed by atoms with van der Waals surface area (Å²) in [5.74, 6) is 0. The Hall–Kier alpha value is -1.26. The summed E-state index contributed by atoms with van der Waals surface area (Å²) in [4.78, 5) is 1.29. The van der Waals surface area contributed by atoms with E-state index in [1.54, 1.807) is 11.8 Å². The van der Waals surface area contributed by atoms with Crippen LogP contribution in [-0.4, -0.2) is 23.1 Å². The van der Waals surface area contributed by atoms with Crippen LogP contribution in [0.1, 0.15) is 11.3 Å². The van der Waals surface area contributed by atoms with Gasteiger partial charge in [-0.1, -0.05) is 12.1 Å². The first kappa shape index (κ1) is 13.2. The van der Waals surface area contributed by atoms with E-state index >= 15 is 0 Å². The molecule has 2 rings (SSSR count). The second-order valence-electron chi connectivity index (χ2n) is 4.30. The molecule has 0 spiro atoms. The largest absolute Gasteiger partial charge is 0.314 e. The number of hydrogen-bond acceptors (Lipinski definition) is 3. The van der Waals surface area contributed by atoms with Crippen molar-refractivity contribution in [3.05, 3.63) is 35.5 Å². The Morgan fingerprint density at radius 3 is 2.50 bits per heavy atom. The minimum Gasteiger partial charge on any atom is -0.314 e. The normalized spacial score (nSPS) is 10.9. The average Bonchev–Trinajstić information content (AvgIpc) is 2.65. The van der Waals surface area contributed by atoms with Gasteiger partial charge in [0.05, 0.1) is 11.4 Å². The van der Waals surface area contributed by atoms with E-state index in [9.17, 15) is 0 Å². The number of nitrogens with zero attached hydrogens (tertiary/aromatic N) is 2. The molecule has 96 valence electrons. The van der Waals surface area contributed by atoms with Crippen LogP contribution in [0.5, 0.6) is 0 Å². The van der Waals surface area contributed by atoms with Gasteiger partial charge in [0.1, 0.15) is 0 Å². The Labute approximate surface area is 113 Å². The summed E-state index contributed by atoms with van der Waals surface area (Å²) in [6, 6.07) is 8.65. The zero-order valence-electron chi connectivity index (χ0n) is 11.3. The second kappa shape index (κ2) is 5.59. The zero-order chi connectivity index (χ0) is 13.1. The first-order valence-electron chi connectivity index (χ1n) is 5.99. The molecule has 18 heavy (non-hydrogen) atoms. The van der Waals surface area contributed by atoms with E-state index in [1.807, 2.05) is 18.8 Å². The van der Waals surface area contributed by atoms with Gasteiger partial charge in [-0.15, -0.1) is 11.8 Å². The maximum Gasteiger partial charge on any atom is 0.0797 e. The van der Waals surface area contributed by atoms with E-state index < -0.39 is 0 Å². The average molecular weight is 261 g/mol. The lowest BCUT2D eigenvalue weighted by molar-refractivity contribution is 0.715. The van der Waals surface area contributed by atoms with Crippen LogP contribution < -0.4 is 5.32 Å². The molecule has 1 N–H and O–H groups in total. The predicted molar refractivity (Wildman–Crippen MR) is 77.9 cm³/mol. The molecule has 1 heterocycles. The van der Waals surface area contributed by atoms with Crippen molar-refractivity contribution in [1.82, 2.24) is 15.1 Å². The van der Waals surface area contributed by atoms with Crippen molar-refractivity contribution in [3.63, 3.8) is 0 Å². The molecular weight excluding hydrogens is 242 g/mol. The topological polar surface area (TPSA) is 29.9 Å². The second-order valence-corrected chi connectivity index (χ2v) is 5.18. The summed E-state index contributed by atoms with van der Waals surface area (Å²) >= 11 is 1.76. The number of thioether (sulfide) groups is 1. The molecule has 3 nitrogen and oxygen atoms in total. The van der Waals surface area contributed by atoms with Gasteiger partial charge < -0.3 is 5.32 Å². The minimum absolute atomic E-state index is 0.808. The van der Waals surface area contributed by atoms with Crippen LogP contribution in [0.25, 0.3) is 11.3 Å². The third-order valence-electron chi connectivity index (χ3n) is 3.09. The Morgan fingerprint density at radius 2 is 1.94 bits per heavy atom.